The van der Waals surface area contributed by atoms with E-state index in [1.54, 1.807) is 12.1 Å². The van der Waals surface area contributed by atoms with Gasteiger partial charge in [-0.25, -0.2) is 19.2 Å². The lowest BCUT2D eigenvalue weighted by molar-refractivity contribution is 0.0694. The first-order chi connectivity index (χ1) is 20.5. The number of benzene rings is 2. The maximum absolute atomic E-state index is 15.6. The summed E-state index contributed by atoms with van der Waals surface area (Å²) in [6.07, 6.45) is 1.25. The second-order valence-electron chi connectivity index (χ2n) is 9.23. The van der Waals surface area contributed by atoms with Crippen LogP contribution in [0.3, 0.4) is 0 Å². The Hall–Kier alpha value is -5.06. The third kappa shape index (κ3) is 6.25. The molecule has 16 heteroatoms. The molecule has 1 aliphatic heterocycles. The lowest BCUT2D eigenvalue weighted by atomic mass is 10.1. The van der Waals surface area contributed by atoms with Crippen LogP contribution in [-0.4, -0.2) is 62.0 Å². The van der Waals surface area contributed by atoms with Crippen molar-refractivity contribution < 1.29 is 33.3 Å². The minimum absolute atomic E-state index is 0.0923. The van der Waals surface area contributed by atoms with Crippen LogP contribution in [0.15, 0.2) is 63.6 Å². The lowest BCUT2D eigenvalue weighted by Crippen LogP contribution is -2.24. The molecule has 0 amide bonds. The van der Waals surface area contributed by atoms with Gasteiger partial charge in [-0.2, -0.15) is 4.39 Å². The first-order valence-corrected chi connectivity index (χ1v) is 13.3. The fraction of sp³-hybridized carbons (Fsp3) is 0.148. The van der Waals surface area contributed by atoms with Gasteiger partial charge in [-0.15, -0.1) is 0 Å². The highest BCUT2D eigenvalue weighted by Crippen LogP contribution is 2.40. The van der Waals surface area contributed by atoms with E-state index in [1.165, 1.54) is 24.3 Å². The molecule has 2 aromatic heterocycles. The third-order valence-corrected chi connectivity index (χ3v) is 7.22. The Balaban J connectivity index is 1.48. The third-order valence-electron chi connectivity index (χ3n) is 6.33. The Bertz CT molecular complexity index is 1800. The highest BCUT2D eigenvalue weighted by Gasteiger charge is 2.28. The number of carboxylic acid groups (broad SMARTS) is 1. The number of carboxylic acids is 1. The molecule has 1 atom stereocenters. The molecule has 0 saturated carbocycles. The van der Waals surface area contributed by atoms with Crippen molar-refractivity contribution in [2.45, 2.75) is 16.2 Å². The smallest absolute Gasteiger partial charge is 0.342 e. The van der Waals surface area contributed by atoms with Gasteiger partial charge in [-0.05, 0) is 43.4 Å². The van der Waals surface area contributed by atoms with E-state index in [9.17, 15) is 19.1 Å². The summed E-state index contributed by atoms with van der Waals surface area (Å²) >= 11 is 1.04. The van der Waals surface area contributed by atoms with Gasteiger partial charge >= 0.3 is 5.97 Å². The number of phenolic OH excluding ortho intramolecular Hbond substituents is 1. The van der Waals surface area contributed by atoms with Gasteiger partial charge in [-0.3, -0.25) is 20.4 Å². The highest BCUT2D eigenvalue weighted by molar-refractivity contribution is 7.99. The molecule has 13 nitrogen and oxygen atoms in total. The number of aromatic amines is 1. The van der Waals surface area contributed by atoms with Crippen LogP contribution >= 0.6 is 11.8 Å². The topological polar surface area (TPSA) is 200 Å². The number of nitrogen functional groups attached to an aromatic ring is 1. The average Bonchev–Trinajstić information content (AvgIpc) is 3.39. The van der Waals surface area contributed by atoms with E-state index in [-0.39, 0.29) is 28.1 Å². The number of phenols is 1. The zero-order valence-corrected chi connectivity index (χ0v) is 23.0. The maximum atomic E-state index is 15.6. The van der Waals surface area contributed by atoms with Gasteiger partial charge in [-0.1, -0.05) is 11.8 Å². The molecule has 4 aromatic rings. The van der Waals surface area contributed by atoms with Crippen LogP contribution in [0.25, 0.3) is 0 Å². The number of rotatable bonds is 9. The number of nitrogens with zero attached hydrogens (tertiary/aromatic N) is 3. The molecule has 0 aliphatic carbocycles. The molecule has 1 aliphatic rings. The monoisotopic (exact) mass is 611 g/mol. The number of halogens is 2. The molecule has 222 valence electrons. The van der Waals surface area contributed by atoms with E-state index in [0.29, 0.717) is 29.7 Å². The van der Waals surface area contributed by atoms with Gasteiger partial charge in [0.2, 0.25) is 11.6 Å². The SMILES string of the molecule is CN1CCNC1c1cc(Sc2ncc(C(=O)O)c(=O)[nH]2)ccc1Oc1c(F)cnc(Oc2cc(C(=N)N)ccc2O)c1F. The number of hydrogen-bond donors (Lipinski definition) is 6. The predicted octanol–water partition coefficient (Wildman–Crippen LogP) is 3.40. The van der Waals surface area contributed by atoms with Crippen LogP contribution in [0.1, 0.15) is 27.7 Å². The van der Waals surface area contributed by atoms with Gasteiger partial charge in [0.15, 0.2) is 22.5 Å². The van der Waals surface area contributed by atoms with Crippen LogP contribution in [-0.2, 0) is 0 Å². The summed E-state index contributed by atoms with van der Waals surface area (Å²) in [7, 11) is 1.85. The molecule has 5 rings (SSSR count). The van der Waals surface area contributed by atoms with Crippen molar-refractivity contribution in [3.63, 3.8) is 0 Å². The van der Waals surface area contributed by atoms with Crippen molar-refractivity contribution in [1.82, 2.24) is 25.2 Å². The largest absolute Gasteiger partial charge is 0.504 e. The number of aromatic nitrogens is 3. The van der Waals surface area contributed by atoms with E-state index >= 15 is 4.39 Å². The van der Waals surface area contributed by atoms with E-state index < -0.39 is 52.3 Å². The van der Waals surface area contributed by atoms with Gasteiger partial charge < -0.3 is 30.4 Å². The van der Waals surface area contributed by atoms with Crippen molar-refractivity contribution in [1.29, 1.82) is 5.41 Å². The summed E-state index contributed by atoms with van der Waals surface area (Å²) in [5.74, 6) is -6.21. The molecule has 0 radical (unpaired) electrons. The van der Waals surface area contributed by atoms with E-state index in [4.69, 9.17) is 25.7 Å². The summed E-state index contributed by atoms with van der Waals surface area (Å²) in [5, 5.41) is 30.2. The number of aromatic hydroxyl groups is 1. The molecule has 1 saturated heterocycles. The number of H-pyrrole nitrogens is 1. The molecule has 3 heterocycles. The molecular formula is C27H23F2N7O6S. The number of carbonyl (C=O) groups is 1. The number of hydrogen-bond acceptors (Lipinski definition) is 11. The van der Waals surface area contributed by atoms with Crippen LogP contribution in [0.4, 0.5) is 8.78 Å². The Morgan fingerprint density at radius 1 is 1.16 bits per heavy atom. The minimum Gasteiger partial charge on any atom is -0.504 e. The summed E-state index contributed by atoms with van der Waals surface area (Å²) in [6, 6.07) is 8.51. The number of pyridine rings is 1. The number of amidine groups is 1. The van der Waals surface area contributed by atoms with Crippen molar-refractivity contribution >= 4 is 23.6 Å². The summed E-state index contributed by atoms with van der Waals surface area (Å²) in [6.45, 7) is 1.30. The van der Waals surface area contributed by atoms with Crippen LogP contribution in [0.2, 0.25) is 0 Å². The fourth-order valence-corrected chi connectivity index (χ4v) is 4.97. The van der Waals surface area contributed by atoms with Gasteiger partial charge in [0.1, 0.15) is 17.1 Å². The normalized spacial score (nSPS) is 14.9. The zero-order chi connectivity index (χ0) is 30.8. The first-order valence-electron chi connectivity index (χ1n) is 12.5. The molecule has 0 bridgehead atoms. The average molecular weight is 612 g/mol. The van der Waals surface area contributed by atoms with E-state index in [1.807, 2.05) is 11.9 Å². The van der Waals surface area contributed by atoms with Crippen LogP contribution in [0, 0.1) is 17.0 Å². The second kappa shape index (κ2) is 12.0. The second-order valence-corrected chi connectivity index (χ2v) is 10.3. The number of ether oxygens (including phenoxy) is 2. The van der Waals surface area contributed by atoms with E-state index in [2.05, 4.69) is 20.3 Å². The summed E-state index contributed by atoms with van der Waals surface area (Å²) in [5.41, 5.74) is 4.85. The molecular weight excluding hydrogens is 588 g/mol. The Morgan fingerprint density at radius 3 is 2.63 bits per heavy atom. The first kappa shape index (κ1) is 29.4. The number of aromatic carboxylic acids is 1. The highest BCUT2D eigenvalue weighted by atomic mass is 32.2. The van der Waals surface area contributed by atoms with Crippen molar-refractivity contribution in [2.24, 2.45) is 5.73 Å². The Morgan fingerprint density at radius 2 is 1.95 bits per heavy atom. The van der Waals surface area contributed by atoms with Crippen LogP contribution < -0.4 is 26.1 Å². The number of nitrogens with one attached hydrogen (secondary N) is 3. The molecule has 1 fully saturated rings. The Kier molecular flexibility index (Phi) is 8.24. The number of likely N-dealkylation sites (N-methyl/N-ethyl adjacent to an activating group) is 1. The molecule has 0 spiro atoms. The van der Waals surface area contributed by atoms with Crippen LogP contribution in [0.5, 0.6) is 28.9 Å². The molecule has 43 heavy (non-hydrogen) atoms. The van der Waals surface area contributed by atoms with Gasteiger partial charge in [0.25, 0.3) is 11.4 Å². The standard InChI is InChI=1S/C27H23F2N7O6S/c1-36-7-6-32-23(36)14-9-13(43-27-34-10-15(26(39)40)24(38)35-27)3-5-18(14)41-21-16(28)11-33-25(20(21)29)42-19-8-12(22(30)31)2-4-17(19)37/h2-5,8-11,23,32,37H,6-7H2,1H3,(H3,30,31)(H,39,40)(H,34,35,38). The predicted molar refractivity (Wildman–Crippen MR) is 149 cm³/mol. The fourth-order valence-electron chi connectivity index (χ4n) is 4.18. The van der Waals surface area contributed by atoms with Crippen molar-refractivity contribution in [3.05, 3.63) is 87.5 Å². The maximum Gasteiger partial charge on any atom is 0.342 e. The Labute approximate surface area is 245 Å². The summed E-state index contributed by atoms with van der Waals surface area (Å²) < 4.78 is 41.6. The molecule has 2 aromatic carbocycles. The minimum atomic E-state index is -1.41. The summed E-state index contributed by atoms with van der Waals surface area (Å²) in [4.78, 5) is 35.8. The van der Waals surface area contributed by atoms with Crippen molar-refractivity contribution in [2.75, 3.05) is 20.1 Å². The lowest BCUT2D eigenvalue weighted by Gasteiger charge is -2.23. The number of nitrogens with two attached hydrogens (primary N) is 1. The van der Waals surface area contributed by atoms with Crippen molar-refractivity contribution in [3.8, 4) is 28.9 Å². The molecule has 7 N–H and O–H groups in total. The quantitative estimate of drug-likeness (QED) is 0.0917. The van der Waals surface area contributed by atoms with Gasteiger partial charge in [0.05, 0.1) is 12.4 Å². The van der Waals surface area contributed by atoms with Gasteiger partial charge in [0, 0.05) is 35.3 Å². The van der Waals surface area contributed by atoms with E-state index in [0.717, 1.165) is 18.0 Å². The molecule has 1 unspecified atom stereocenters. The zero-order valence-electron chi connectivity index (χ0n) is 22.2.